The number of aromatic nitrogens is 1. The highest BCUT2D eigenvalue weighted by Gasteiger charge is 2.20. The van der Waals surface area contributed by atoms with Gasteiger partial charge in [0.1, 0.15) is 16.4 Å². The van der Waals surface area contributed by atoms with E-state index >= 15 is 0 Å². The molecule has 0 spiro atoms. The van der Waals surface area contributed by atoms with Crippen molar-refractivity contribution in [1.82, 2.24) is 10.3 Å². The van der Waals surface area contributed by atoms with Gasteiger partial charge in [-0.15, -0.1) is 0 Å². The fraction of sp³-hybridized carbons (Fsp3) is 0.105. The molecule has 1 aromatic heterocycles. The van der Waals surface area contributed by atoms with Gasteiger partial charge in [0.25, 0.3) is 15.9 Å². The van der Waals surface area contributed by atoms with Crippen LogP contribution in [-0.4, -0.2) is 19.3 Å². The highest BCUT2D eigenvalue weighted by Crippen LogP contribution is 2.19. The Morgan fingerprint density at radius 3 is 2.56 bits per heavy atom. The second kappa shape index (κ2) is 7.63. The molecule has 1 amide bonds. The number of benzene rings is 2. The second-order valence-electron chi connectivity index (χ2n) is 5.94. The van der Waals surface area contributed by atoms with Crippen LogP contribution in [0.5, 0.6) is 0 Å². The molecule has 0 unspecified atom stereocenters. The van der Waals surface area contributed by atoms with Crippen LogP contribution in [0.4, 0.5) is 10.1 Å². The zero-order chi connectivity index (χ0) is 19.4. The zero-order valence-electron chi connectivity index (χ0n) is 14.5. The molecule has 0 aliphatic rings. The van der Waals surface area contributed by atoms with E-state index in [1.807, 2.05) is 31.2 Å². The van der Waals surface area contributed by atoms with Crippen molar-refractivity contribution in [2.24, 2.45) is 0 Å². The maximum atomic E-state index is 13.7. The third-order valence-corrected chi connectivity index (χ3v) is 5.38. The Balaban J connectivity index is 1.71. The van der Waals surface area contributed by atoms with Gasteiger partial charge in [-0.05, 0) is 36.2 Å². The normalized spacial score (nSPS) is 11.2. The molecule has 0 atom stereocenters. The largest absolute Gasteiger partial charge is 0.356 e. The smallest absolute Gasteiger partial charge is 0.268 e. The molecule has 0 fully saturated rings. The number of rotatable bonds is 6. The summed E-state index contributed by atoms with van der Waals surface area (Å²) in [4.78, 5) is 14.7. The Morgan fingerprint density at radius 2 is 1.81 bits per heavy atom. The predicted molar refractivity (Wildman–Crippen MR) is 100 cm³/mol. The molecule has 0 bridgehead atoms. The van der Waals surface area contributed by atoms with Crippen molar-refractivity contribution in [3.63, 3.8) is 0 Å². The first-order valence-electron chi connectivity index (χ1n) is 8.15. The SMILES string of the molecule is Cc1ccccc1CNC(=O)c1cc(S(=O)(=O)Nc2ccccc2F)c[nH]1. The fourth-order valence-corrected chi connectivity index (χ4v) is 3.55. The molecule has 2 aromatic carbocycles. The summed E-state index contributed by atoms with van der Waals surface area (Å²) in [5.74, 6) is -1.13. The lowest BCUT2D eigenvalue weighted by atomic mass is 10.1. The standard InChI is InChI=1S/C19H18FN3O3S/c1-13-6-2-3-7-14(13)11-22-19(24)18-10-15(12-21-18)27(25,26)23-17-9-5-4-8-16(17)20/h2-10,12,21,23H,11H2,1H3,(H,22,24). The number of hydrogen-bond donors (Lipinski definition) is 3. The first kappa shape index (κ1) is 18.7. The summed E-state index contributed by atoms with van der Waals surface area (Å²) in [5.41, 5.74) is 1.94. The van der Waals surface area contributed by atoms with E-state index in [0.717, 1.165) is 17.2 Å². The van der Waals surface area contributed by atoms with Gasteiger partial charge in [-0.2, -0.15) is 0 Å². The topological polar surface area (TPSA) is 91.1 Å². The van der Waals surface area contributed by atoms with E-state index < -0.39 is 21.7 Å². The maximum absolute atomic E-state index is 13.7. The molecule has 140 valence electrons. The summed E-state index contributed by atoms with van der Waals surface area (Å²) in [6.07, 6.45) is 1.19. The fourth-order valence-electron chi connectivity index (χ4n) is 2.49. The highest BCUT2D eigenvalue weighted by atomic mass is 32.2. The number of aromatic amines is 1. The number of carbonyl (C=O) groups is 1. The first-order valence-corrected chi connectivity index (χ1v) is 9.63. The summed E-state index contributed by atoms with van der Waals surface area (Å²) in [5, 5.41) is 2.73. The molecule has 0 saturated carbocycles. The molecule has 0 aliphatic carbocycles. The summed E-state index contributed by atoms with van der Waals surface area (Å²) in [6, 6.07) is 14.3. The molecule has 1 heterocycles. The van der Waals surface area contributed by atoms with Gasteiger partial charge in [-0.3, -0.25) is 9.52 Å². The van der Waals surface area contributed by atoms with E-state index in [-0.39, 0.29) is 16.3 Å². The number of H-pyrrole nitrogens is 1. The van der Waals surface area contributed by atoms with E-state index in [4.69, 9.17) is 0 Å². The van der Waals surface area contributed by atoms with Gasteiger partial charge >= 0.3 is 0 Å². The molecule has 27 heavy (non-hydrogen) atoms. The molecule has 0 radical (unpaired) electrons. The van der Waals surface area contributed by atoms with Crippen LogP contribution >= 0.6 is 0 Å². The van der Waals surface area contributed by atoms with Crippen LogP contribution in [0, 0.1) is 12.7 Å². The van der Waals surface area contributed by atoms with Crippen LogP contribution in [-0.2, 0) is 16.6 Å². The number of aryl methyl sites for hydroxylation is 1. The van der Waals surface area contributed by atoms with Crippen LogP contribution in [0.3, 0.4) is 0 Å². The summed E-state index contributed by atoms with van der Waals surface area (Å²) >= 11 is 0. The predicted octanol–water partition coefficient (Wildman–Crippen LogP) is 3.19. The number of para-hydroxylation sites is 1. The molecular formula is C19H18FN3O3S. The van der Waals surface area contributed by atoms with Crippen LogP contribution in [0.15, 0.2) is 65.7 Å². The van der Waals surface area contributed by atoms with Crippen molar-refractivity contribution in [3.8, 4) is 0 Å². The van der Waals surface area contributed by atoms with Gasteiger partial charge in [0, 0.05) is 12.7 Å². The highest BCUT2D eigenvalue weighted by molar-refractivity contribution is 7.92. The Kier molecular flexibility index (Phi) is 5.27. The lowest BCUT2D eigenvalue weighted by molar-refractivity contribution is 0.0946. The van der Waals surface area contributed by atoms with Crippen LogP contribution in [0.25, 0.3) is 0 Å². The summed E-state index contributed by atoms with van der Waals surface area (Å²) in [7, 11) is -4.02. The Bertz CT molecular complexity index is 1080. The molecule has 0 aliphatic heterocycles. The quantitative estimate of drug-likeness (QED) is 0.607. The summed E-state index contributed by atoms with van der Waals surface area (Å²) in [6.45, 7) is 2.26. The average molecular weight is 387 g/mol. The van der Waals surface area contributed by atoms with Crippen LogP contribution < -0.4 is 10.0 Å². The maximum Gasteiger partial charge on any atom is 0.268 e. The molecule has 0 saturated heterocycles. The molecule has 3 rings (SSSR count). The minimum atomic E-state index is -4.02. The average Bonchev–Trinajstić information content (AvgIpc) is 3.14. The second-order valence-corrected chi connectivity index (χ2v) is 7.63. The molecule has 8 heteroatoms. The van der Waals surface area contributed by atoms with Crippen LogP contribution in [0.1, 0.15) is 21.6 Å². The van der Waals surface area contributed by atoms with Crippen molar-refractivity contribution >= 4 is 21.6 Å². The summed E-state index contributed by atoms with van der Waals surface area (Å²) < 4.78 is 40.6. The van der Waals surface area contributed by atoms with Crippen molar-refractivity contribution < 1.29 is 17.6 Å². The Labute approximate surface area is 156 Å². The number of halogens is 1. The minimum Gasteiger partial charge on any atom is -0.356 e. The van der Waals surface area contributed by atoms with Crippen molar-refractivity contribution in [3.05, 3.63) is 83.4 Å². The number of anilines is 1. The zero-order valence-corrected chi connectivity index (χ0v) is 15.3. The molecule has 3 aromatic rings. The third-order valence-electron chi connectivity index (χ3n) is 4.03. The Morgan fingerprint density at radius 1 is 1.11 bits per heavy atom. The number of sulfonamides is 1. The van der Waals surface area contributed by atoms with Gasteiger partial charge in [0.05, 0.1) is 5.69 Å². The third kappa shape index (κ3) is 4.35. The first-order chi connectivity index (χ1) is 12.9. The van der Waals surface area contributed by atoms with Gasteiger partial charge in [-0.25, -0.2) is 12.8 Å². The number of hydrogen-bond acceptors (Lipinski definition) is 3. The molecule has 3 N–H and O–H groups in total. The number of carbonyl (C=O) groups excluding carboxylic acids is 1. The van der Waals surface area contributed by atoms with E-state index in [2.05, 4.69) is 15.0 Å². The lowest BCUT2D eigenvalue weighted by Gasteiger charge is -2.07. The van der Waals surface area contributed by atoms with Crippen molar-refractivity contribution in [2.75, 3.05) is 4.72 Å². The van der Waals surface area contributed by atoms with Gasteiger partial charge in [0.2, 0.25) is 0 Å². The van der Waals surface area contributed by atoms with E-state index in [0.29, 0.717) is 6.54 Å². The van der Waals surface area contributed by atoms with Gasteiger partial charge < -0.3 is 10.3 Å². The van der Waals surface area contributed by atoms with Crippen molar-refractivity contribution in [2.45, 2.75) is 18.4 Å². The molecule has 6 nitrogen and oxygen atoms in total. The lowest BCUT2D eigenvalue weighted by Crippen LogP contribution is -2.23. The Hall–Kier alpha value is -3.13. The number of amides is 1. The van der Waals surface area contributed by atoms with Gasteiger partial charge in [0.15, 0.2) is 0 Å². The number of nitrogens with one attached hydrogen (secondary N) is 3. The minimum absolute atomic E-state index is 0.0949. The van der Waals surface area contributed by atoms with Gasteiger partial charge in [-0.1, -0.05) is 36.4 Å². The van der Waals surface area contributed by atoms with E-state index in [1.165, 1.54) is 30.5 Å². The van der Waals surface area contributed by atoms with Crippen molar-refractivity contribution in [1.29, 1.82) is 0 Å². The van der Waals surface area contributed by atoms with Crippen LogP contribution in [0.2, 0.25) is 0 Å². The monoisotopic (exact) mass is 387 g/mol. The van der Waals surface area contributed by atoms with E-state index in [1.54, 1.807) is 0 Å². The van der Waals surface area contributed by atoms with E-state index in [9.17, 15) is 17.6 Å². The molecular weight excluding hydrogens is 369 g/mol.